The zero-order valence-electron chi connectivity index (χ0n) is 14.3. The smallest absolute Gasteiger partial charge is 0.484 e. The summed E-state index contributed by atoms with van der Waals surface area (Å²) in [6.07, 6.45) is -3.04. The van der Waals surface area contributed by atoms with Crippen LogP contribution in [0.4, 0.5) is 13.2 Å². The summed E-state index contributed by atoms with van der Waals surface area (Å²) in [5.41, 5.74) is 8.49. The predicted molar refractivity (Wildman–Crippen MR) is 92.1 cm³/mol. The number of piperidine rings is 1. The Kier molecular flexibility index (Phi) is 9.33. The van der Waals surface area contributed by atoms with E-state index in [0.717, 1.165) is 32.5 Å². The highest BCUT2D eigenvalue weighted by molar-refractivity contribution is 6.30. The summed E-state index contributed by atoms with van der Waals surface area (Å²) < 4.78 is 37.1. The van der Waals surface area contributed by atoms with Crippen LogP contribution in [0.5, 0.6) is 5.75 Å². The molecule has 1 heterocycles. The summed E-state index contributed by atoms with van der Waals surface area (Å²) >= 11 is 5.78. The molecule has 7 nitrogen and oxygen atoms in total. The Balaban J connectivity index is 0.000000445. The number of hydrazine groups is 1. The lowest BCUT2D eigenvalue weighted by Crippen LogP contribution is -2.48. The van der Waals surface area contributed by atoms with Gasteiger partial charge in [0.05, 0.1) is 0 Å². The number of amides is 1. The average molecular weight is 412 g/mol. The summed E-state index contributed by atoms with van der Waals surface area (Å²) in [5.74, 6) is -1.70. The van der Waals surface area contributed by atoms with Crippen LogP contribution in [0.1, 0.15) is 12.8 Å². The molecule has 0 bridgehead atoms. The van der Waals surface area contributed by atoms with Gasteiger partial charge in [-0.05, 0) is 49.6 Å². The molecule has 4 N–H and O–H groups in total. The first kappa shape index (κ1) is 23.0. The second-order valence-electron chi connectivity index (χ2n) is 5.75. The number of carbonyl (C=O) groups is 2. The van der Waals surface area contributed by atoms with Crippen molar-refractivity contribution in [2.45, 2.75) is 19.0 Å². The lowest BCUT2D eigenvalue weighted by molar-refractivity contribution is -0.192. The van der Waals surface area contributed by atoms with E-state index in [9.17, 15) is 18.0 Å². The van der Waals surface area contributed by atoms with E-state index in [4.69, 9.17) is 32.0 Å². The van der Waals surface area contributed by atoms with Gasteiger partial charge in [0.15, 0.2) is 6.61 Å². The Morgan fingerprint density at radius 3 is 2.22 bits per heavy atom. The first-order chi connectivity index (χ1) is 12.6. The fraction of sp³-hybridized carbons (Fsp3) is 0.500. The molecule has 152 valence electrons. The third-order valence-electron chi connectivity index (χ3n) is 3.66. The molecule has 1 aliphatic heterocycles. The van der Waals surface area contributed by atoms with Gasteiger partial charge in [-0.15, -0.1) is 0 Å². The summed E-state index contributed by atoms with van der Waals surface area (Å²) in [6.45, 7) is 2.41. The fourth-order valence-corrected chi connectivity index (χ4v) is 2.29. The van der Waals surface area contributed by atoms with Crippen LogP contribution < -0.4 is 15.9 Å². The van der Waals surface area contributed by atoms with Crippen molar-refractivity contribution in [3.63, 3.8) is 0 Å². The molecule has 0 spiro atoms. The number of ether oxygens (including phenoxy) is 1. The van der Waals surface area contributed by atoms with Crippen LogP contribution in [0, 0.1) is 5.92 Å². The number of hydrogen-bond acceptors (Lipinski definition) is 5. The fourth-order valence-electron chi connectivity index (χ4n) is 2.17. The van der Waals surface area contributed by atoms with Crippen LogP contribution in [0.25, 0.3) is 0 Å². The van der Waals surface area contributed by atoms with Gasteiger partial charge in [0.2, 0.25) is 0 Å². The van der Waals surface area contributed by atoms with Crippen molar-refractivity contribution in [2.24, 2.45) is 11.7 Å². The molecule has 0 unspecified atom stereocenters. The Hall–Kier alpha value is -2.04. The molecule has 1 aromatic rings. The van der Waals surface area contributed by atoms with Crippen molar-refractivity contribution in [1.82, 2.24) is 10.4 Å². The van der Waals surface area contributed by atoms with Crippen LogP contribution >= 0.6 is 11.6 Å². The SMILES string of the molecule is NCC1CCN(NC(=O)COc2ccc(Cl)cc2)CC1.O=C(O)C(F)(F)F. The van der Waals surface area contributed by atoms with Crippen molar-refractivity contribution in [2.75, 3.05) is 26.2 Å². The number of alkyl halides is 3. The molecular formula is C16H21ClF3N3O4. The van der Waals surface area contributed by atoms with Crippen LogP contribution in [0.15, 0.2) is 24.3 Å². The Labute approximate surface area is 159 Å². The van der Waals surface area contributed by atoms with Gasteiger partial charge in [-0.3, -0.25) is 10.2 Å². The largest absolute Gasteiger partial charge is 0.490 e. The molecule has 27 heavy (non-hydrogen) atoms. The van der Waals surface area contributed by atoms with Gasteiger partial charge in [0.25, 0.3) is 5.91 Å². The molecule has 1 amide bonds. The third-order valence-corrected chi connectivity index (χ3v) is 3.91. The normalized spacial score (nSPS) is 15.4. The number of rotatable bonds is 5. The topological polar surface area (TPSA) is 105 Å². The molecule has 11 heteroatoms. The van der Waals surface area contributed by atoms with Gasteiger partial charge in [-0.1, -0.05) is 11.6 Å². The zero-order valence-corrected chi connectivity index (χ0v) is 15.1. The first-order valence-corrected chi connectivity index (χ1v) is 8.42. The molecule has 1 fully saturated rings. The van der Waals surface area contributed by atoms with Crippen molar-refractivity contribution < 1.29 is 32.6 Å². The average Bonchev–Trinajstić information content (AvgIpc) is 2.61. The van der Waals surface area contributed by atoms with Gasteiger partial charge >= 0.3 is 12.1 Å². The highest BCUT2D eigenvalue weighted by atomic mass is 35.5. The number of hydrogen-bond donors (Lipinski definition) is 3. The van der Waals surface area contributed by atoms with E-state index in [1.54, 1.807) is 24.3 Å². The summed E-state index contributed by atoms with van der Waals surface area (Å²) in [7, 11) is 0. The van der Waals surface area contributed by atoms with Crippen LogP contribution in [-0.4, -0.2) is 54.4 Å². The number of nitrogens with one attached hydrogen (secondary N) is 1. The Bertz CT molecular complexity index is 606. The van der Waals surface area contributed by atoms with Crippen molar-refractivity contribution in [3.8, 4) is 5.75 Å². The monoisotopic (exact) mass is 411 g/mol. The molecule has 1 saturated heterocycles. The maximum absolute atomic E-state index is 11.8. The summed E-state index contributed by atoms with van der Waals surface area (Å²) in [4.78, 5) is 20.7. The van der Waals surface area contributed by atoms with Crippen LogP contribution in [0.2, 0.25) is 5.02 Å². The Morgan fingerprint density at radius 2 is 1.78 bits per heavy atom. The van der Waals surface area contributed by atoms with Crippen molar-refractivity contribution in [3.05, 3.63) is 29.3 Å². The molecular weight excluding hydrogens is 391 g/mol. The maximum Gasteiger partial charge on any atom is 0.490 e. The summed E-state index contributed by atoms with van der Waals surface area (Å²) in [6, 6.07) is 6.93. The number of carboxylic acid groups (broad SMARTS) is 1. The molecule has 1 aromatic carbocycles. The molecule has 0 aromatic heterocycles. The van der Waals surface area contributed by atoms with E-state index >= 15 is 0 Å². The zero-order chi connectivity index (χ0) is 20.4. The molecule has 0 radical (unpaired) electrons. The second kappa shape index (κ2) is 11.0. The minimum atomic E-state index is -5.08. The predicted octanol–water partition coefficient (Wildman–Crippen LogP) is 2.05. The molecule has 0 aliphatic carbocycles. The molecule has 0 atom stereocenters. The second-order valence-corrected chi connectivity index (χ2v) is 6.18. The number of carbonyl (C=O) groups excluding carboxylic acids is 1. The highest BCUT2D eigenvalue weighted by Crippen LogP contribution is 2.16. The number of nitrogens with zero attached hydrogens (tertiary/aromatic N) is 1. The van der Waals surface area contributed by atoms with Gasteiger partial charge in [0.1, 0.15) is 5.75 Å². The van der Waals surface area contributed by atoms with Crippen molar-refractivity contribution >= 4 is 23.5 Å². The standard InChI is InChI=1S/C14H20ClN3O2.C2HF3O2/c15-12-1-3-13(4-2-12)20-10-14(19)17-18-7-5-11(9-16)6-8-18;3-2(4,5)1(6)7/h1-4,11H,5-10,16H2,(H,17,19);(H,6,7). The highest BCUT2D eigenvalue weighted by Gasteiger charge is 2.38. The lowest BCUT2D eigenvalue weighted by Gasteiger charge is -2.31. The summed E-state index contributed by atoms with van der Waals surface area (Å²) in [5, 5.41) is 9.70. The van der Waals surface area contributed by atoms with Gasteiger partial charge < -0.3 is 15.6 Å². The molecule has 2 rings (SSSR count). The number of halogens is 4. The quantitative estimate of drug-likeness (QED) is 0.685. The first-order valence-electron chi connectivity index (χ1n) is 8.04. The van der Waals surface area contributed by atoms with Crippen molar-refractivity contribution in [1.29, 1.82) is 0 Å². The molecule has 0 saturated carbocycles. The van der Waals surface area contributed by atoms with Gasteiger partial charge in [-0.25, -0.2) is 9.80 Å². The van der Waals surface area contributed by atoms with Crippen LogP contribution in [-0.2, 0) is 9.59 Å². The van der Waals surface area contributed by atoms with Gasteiger partial charge in [-0.2, -0.15) is 13.2 Å². The van der Waals surface area contributed by atoms with E-state index in [1.165, 1.54) is 0 Å². The number of nitrogens with two attached hydrogens (primary N) is 1. The minimum Gasteiger partial charge on any atom is -0.484 e. The maximum atomic E-state index is 11.8. The number of carboxylic acids is 1. The minimum absolute atomic E-state index is 0.00154. The number of benzene rings is 1. The lowest BCUT2D eigenvalue weighted by atomic mass is 9.98. The van der Waals surface area contributed by atoms with E-state index < -0.39 is 12.1 Å². The molecule has 1 aliphatic rings. The van der Waals surface area contributed by atoms with Gasteiger partial charge in [0, 0.05) is 18.1 Å². The van der Waals surface area contributed by atoms with E-state index in [2.05, 4.69) is 5.43 Å². The third kappa shape index (κ3) is 9.45. The Morgan fingerprint density at radius 1 is 1.26 bits per heavy atom. The number of aliphatic carboxylic acids is 1. The van der Waals surface area contributed by atoms with E-state index in [-0.39, 0.29) is 12.5 Å². The van der Waals surface area contributed by atoms with E-state index in [1.807, 2.05) is 5.01 Å². The van der Waals surface area contributed by atoms with E-state index in [0.29, 0.717) is 16.7 Å². The van der Waals surface area contributed by atoms with Crippen LogP contribution in [0.3, 0.4) is 0 Å².